The molecule has 0 N–H and O–H groups in total. The van der Waals surface area contributed by atoms with Gasteiger partial charge in [0.05, 0.1) is 19.6 Å². The zero-order valence-corrected chi connectivity index (χ0v) is 15.6. The zero-order chi connectivity index (χ0) is 18.9. The first kappa shape index (κ1) is 23.1. The van der Waals surface area contributed by atoms with Crippen LogP contribution in [0.3, 0.4) is 0 Å². The van der Waals surface area contributed by atoms with Crippen LogP contribution in [0.5, 0.6) is 0 Å². The van der Waals surface area contributed by atoms with E-state index >= 15 is 0 Å². The molecule has 0 fully saturated rings. The summed E-state index contributed by atoms with van der Waals surface area (Å²) in [5.74, 6) is -1.89. The molecule has 0 saturated carbocycles. The van der Waals surface area contributed by atoms with Gasteiger partial charge >= 0.3 is 17.9 Å². The van der Waals surface area contributed by atoms with Gasteiger partial charge in [0.15, 0.2) is 6.61 Å². The van der Waals surface area contributed by atoms with Gasteiger partial charge in [-0.1, -0.05) is 59.0 Å². The molecule has 0 aliphatic heterocycles. The summed E-state index contributed by atoms with van der Waals surface area (Å²) >= 11 is 0. The summed E-state index contributed by atoms with van der Waals surface area (Å²) in [5.41, 5.74) is 0.0217. The molecule has 0 unspecified atom stereocenters. The van der Waals surface area contributed by atoms with Crippen molar-refractivity contribution in [2.75, 3.05) is 19.8 Å². The van der Waals surface area contributed by atoms with E-state index in [4.69, 9.17) is 14.2 Å². The molecule has 0 atom stereocenters. The summed E-state index contributed by atoms with van der Waals surface area (Å²) in [5, 5.41) is 0. The van der Waals surface area contributed by atoms with Gasteiger partial charge in [-0.2, -0.15) is 0 Å². The third-order valence-corrected chi connectivity index (χ3v) is 3.49. The van der Waals surface area contributed by atoms with Crippen molar-refractivity contribution in [3.8, 4) is 0 Å². The van der Waals surface area contributed by atoms with Crippen LogP contribution in [0.25, 0.3) is 0 Å². The summed E-state index contributed by atoms with van der Waals surface area (Å²) in [6.07, 6.45) is 7.71. The van der Waals surface area contributed by atoms with E-state index in [1.54, 1.807) is 0 Å². The number of hydrogen-bond acceptors (Lipinski definition) is 6. The van der Waals surface area contributed by atoms with Crippen LogP contribution >= 0.6 is 0 Å². The Morgan fingerprint density at radius 3 is 1.84 bits per heavy atom. The second-order valence-electron chi connectivity index (χ2n) is 5.92. The predicted octanol–water partition coefficient (Wildman–Crippen LogP) is 3.72. The zero-order valence-electron chi connectivity index (χ0n) is 15.6. The third-order valence-electron chi connectivity index (χ3n) is 3.49. The Labute approximate surface area is 150 Å². The predicted molar refractivity (Wildman–Crippen MR) is 94.9 cm³/mol. The standard InChI is InChI=1S/C19H32O6/c1-4-6-8-10-12-23-18(21)15-25-17(20)14-16(3)19(22)24-13-11-9-7-5-2/h3-15H2,1-2H3. The number of rotatable bonds is 15. The summed E-state index contributed by atoms with van der Waals surface area (Å²) in [4.78, 5) is 34.7. The molecule has 25 heavy (non-hydrogen) atoms. The molecule has 144 valence electrons. The molecule has 6 nitrogen and oxygen atoms in total. The number of esters is 3. The number of carbonyl (C=O) groups is 3. The van der Waals surface area contributed by atoms with Crippen molar-refractivity contribution in [2.45, 2.75) is 71.6 Å². The van der Waals surface area contributed by atoms with Gasteiger partial charge in [0.2, 0.25) is 0 Å². The first-order chi connectivity index (χ1) is 12.0. The van der Waals surface area contributed by atoms with Crippen molar-refractivity contribution >= 4 is 17.9 Å². The largest absolute Gasteiger partial charge is 0.463 e. The highest BCUT2D eigenvalue weighted by molar-refractivity contribution is 5.93. The van der Waals surface area contributed by atoms with Crippen LogP contribution in [0, 0.1) is 0 Å². The second kappa shape index (κ2) is 15.7. The topological polar surface area (TPSA) is 78.9 Å². The monoisotopic (exact) mass is 356 g/mol. The highest BCUT2D eigenvalue weighted by atomic mass is 16.6. The molecule has 0 spiro atoms. The smallest absolute Gasteiger partial charge is 0.344 e. The van der Waals surface area contributed by atoms with Crippen LogP contribution in [0.4, 0.5) is 0 Å². The van der Waals surface area contributed by atoms with Crippen LogP contribution in [0.15, 0.2) is 12.2 Å². The van der Waals surface area contributed by atoms with Gasteiger partial charge in [-0.3, -0.25) is 4.79 Å². The quantitative estimate of drug-likeness (QED) is 0.193. The normalized spacial score (nSPS) is 10.2. The average molecular weight is 356 g/mol. The molecule has 0 saturated heterocycles. The number of ether oxygens (including phenoxy) is 3. The summed E-state index contributed by atoms with van der Waals surface area (Å²) in [6.45, 7) is 7.91. The van der Waals surface area contributed by atoms with Crippen LogP contribution in [0.2, 0.25) is 0 Å². The Morgan fingerprint density at radius 2 is 1.28 bits per heavy atom. The molecular formula is C19H32O6. The fourth-order valence-corrected chi connectivity index (χ4v) is 1.99. The van der Waals surface area contributed by atoms with Gasteiger partial charge in [0, 0.05) is 5.57 Å². The van der Waals surface area contributed by atoms with E-state index in [2.05, 4.69) is 20.4 Å². The molecule has 0 aliphatic carbocycles. The maximum Gasteiger partial charge on any atom is 0.344 e. The lowest BCUT2D eigenvalue weighted by Gasteiger charge is -2.08. The number of carbonyl (C=O) groups excluding carboxylic acids is 3. The van der Waals surface area contributed by atoms with E-state index in [1.807, 2.05) is 0 Å². The fraction of sp³-hybridized carbons (Fsp3) is 0.737. The minimum absolute atomic E-state index is 0.0217. The number of hydrogen-bond donors (Lipinski definition) is 0. The van der Waals surface area contributed by atoms with Gasteiger partial charge < -0.3 is 14.2 Å². The van der Waals surface area contributed by atoms with E-state index in [1.165, 1.54) is 0 Å². The Bertz CT molecular complexity index is 416. The second-order valence-corrected chi connectivity index (χ2v) is 5.92. The lowest BCUT2D eigenvalue weighted by molar-refractivity contribution is -0.158. The maximum atomic E-state index is 11.7. The molecule has 0 radical (unpaired) electrons. The molecule has 6 heteroatoms. The van der Waals surface area contributed by atoms with Crippen LogP contribution in [0.1, 0.15) is 71.6 Å². The summed E-state index contributed by atoms with van der Waals surface area (Å²) in [7, 11) is 0. The molecule has 0 rings (SSSR count). The summed E-state index contributed by atoms with van der Waals surface area (Å²) in [6, 6.07) is 0. The number of unbranched alkanes of at least 4 members (excludes halogenated alkanes) is 6. The first-order valence-electron chi connectivity index (χ1n) is 9.17. The van der Waals surface area contributed by atoms with Gasteiger partial charge in [-0.15, -0.1) is 0 Å². The SMILES string of the molecule is C=C(CC(=O)OCC(=O)OCCCCCC)C(=O)OCCCCCC. The van der Waals surface area contributed by atoms with E-state index in [9.17, 15) is 14.4 Å². The molecule has 0 aromatic rings. The van der Waals surface area contributed by atoms with E-state index in [0.29, 0.717) is 13.2 Å². The highest BCUT2D eigenvalue weighted by Gasteiger charge is 2.15. The van der Waals surface area contributed by atoms with Gasteiger partial charge in [0.25, 0.3) is 0 Å². The van der Waals surface area contributed by atoms with Crippen molar-refractivity contribution in [1.82, 2.24) is 0 Å². The first-order valence-corrected chi connectivity index (χ1v) is 9.17. The Balaban J connectivity index is 3.76. The van der Waals surface area contributed by atoms with Crippen molar-refractivity contribution < 1.29 is 28.6 Å². The summed E-state index contributed by atoms with van der Waals surface area (Å²) < 4.78 is 14.7. The molecule has 0 heterocycles. The van der Waals surface area contributed by atoms with Gasteiger partial charge in [0.1, 0.15) is 0 Å². The third kappa shape index (κ3) is 14.2. The van der Waals surface area contributed by atoms with Crippen molar-refractivity contribution in [1.29, 1.82) is 0 Å². The molecule has 0 amide bonds. The Morgan fingerprint density at radius 1 is 0.720 bits per heavy atom. The minimum atomic E-state index is -0.698. The average Bonchev–Trinajstić information content (AvgIpc) is 2.59. The lowest BCUT2D eigenvalue weighted by Crippen LogP contribution is -2.19. The highest BCUT2D eigenvalue weighted by Crippen LogP contribution is 2.06. The molecule has 0 aliphatic rings. The van der Waals surface area contributed by atoms with Crippen molar-refractivity contribution in [3.63, 3.8) is 0 Å². The Hall–Kier alpha value is -1.85. The van der Waals surface area contributed by atoms with Crippen LogP contribution < -0.4 is 0 Å². The van der Waals surface area contributed by atoms with Crippen molar-refractivity contribution in [3.05, 3.63) is 12.2 Å². The van der Waals surface area contributed by atoms with E-state index in [0.717, 1.165) is 51.4 Å². The van der Waals surface area contributed by atoms with Crippen molar-refractivity contribution in [2.24, 2.45) is 0 Å². The van der Waals surface area contributed by atoms with Crippen LogP contribution in [-0.2, 0) is 28.6 Å². The van der Waals surface area contributed by atoms with Gasteiger partial charge in [-0.25, -0.2) is 9.59 Å². The maximum absolute atomic E-state index is 11.7. The minimum Gasteiger partial charge on any atom is -0.463 e. The molecule has 0 aromatic carbocycles. The van der Waals surface area contributed by atoms with E-state index < -0.39 is 24.5 Å². The molecule has 0 bridgehead atoms. The Kier molecular flexibility index (Phi) is 14.5. The fourth-order valence-electron chi connectivity index (χ4n) is 1.99. The van der Waals surface area contributed by atoms with Crippen LogP contribution in [-0.4, -0.2) is 37.7 Å². The lowest BCUT2D eigenvalue weighted by atomic mass is 10.2. The molecule has 0 aromatic heterocycles. The van der Waals surface area contributed by atoms with E-state index in [-0.39, 0.29) is 12.0 Å². The molecular weight excluding hydrogens is 324 g/mol. The van der Waals surface area contributed by atoms with Gasteiger partial charge in [-0.05, 0) is 12.8 Å².